The normalized spacial score (nSPS) is 10.8. The van der Waals surface area contributed by atoms with Crippen molar-refractivity contribution in [1.82, 2.24) is 9.55 Å². The minimum Gasteiger partial charge on any atom is -0.507 e. The van der Waals surface area contributed by atoms with E-state index in [1.54, 1.807) is 29.7 Å². The number of hydrogen-bond acceptors (Lipinski definition) is 3. The Morgan fingerprint density at radius 2 is 1.75 bits per heavy atom. The maximum Gasteiger partial charge on any atom is 0.268 e. The molecule has 0 radical (unpaired) electrons. The summed E-state index contributed by atoms with van der Waals surface area (Å²) in [6.45, 7) is 2.26. The SMILES string of the molecule is Cc1nc(-c2ccccc2O)n(CCc2ccccc2)c(=O)c1Br. The fourth-order valence-electron chi connectivity index (χ4n) is 2.60. The third kappa shape index (κ3) is 3.26. The summed E-state index contributed by atoms with van der Waals surface area (Å²) in [6, 6.07) is 16.9. The van der Waals surface area contributed by atoms with E-state index in [0.29, 0.717) is 34.5 Å². The highest BCUT2D eigenvalue weighted by atomic mass is 79.9. The van der Waals surface area contributed by atoms with Gasteiger partial charge < -0.3 is 5.11 Å². The van der Waals surface area contributed by atoms with Gasteiger partial charge in [0.1, 0.15) is 16.0 Å². The van der Waals surface area contributed by atoms with E-state index in [0.717, 1.165) is 5.56 Å². The highest BCUT2D eigenvalue weighted by Gasteiger charge is 2.16. The summed E-state index contributed by atoms with van der Waals surface area (Å²) >= 11 is 3.32. The first-order valence-electron chi connectivity index (χ1n) is 7.67. The molecule has 1 heterocycles. The van der Waals surface area contributed by atoms with Crippen molar-refractivity contribution in [3.05, 3.63) is 80.7 Å². The van der Waals surface area contributed by atoms with Crippen LogP contribution in [0.2, 0.25) is 0 Å². The summed E-state index contributed by atoms with van der Waals surface area (Å²) in [5, 5.41) is 10.2. The van der Waals surface area contributed by atoms with E-state index in [9.17, 15) is 9.90 Å². The lowest BCUT2D eigenvalue weighted by atomic mass is 10.1. The molecule has 0 aliphatic carbocycles. The van der Waals surface area contributed by atoms with Crippen LogP contribution in [0.3, 0.4) is 0 Å². The van der Waals surface area contributed by atoms with Crippen LogP contribution in [0.25, 0.3) is 11.4 Å². The molecule has 0 fully saturated rings. The van der Waals surface area contributed by atoms with Crippen LogP contribution in [-0.4, -0.2) is 14.7 Å². The van der Waals surface area contributed by atoms with Gasteiger partial charge in [0.2, 0.25) is 0 Å². The first-order chi connectivity index (χ1) is 11.6. The van der Waals surface area contributed by atoms with Gasteiger partial charge in [-0.05, 0) is 47.0 Å². The number of benzene rings is 2. The van der Waals surface area contributed by atoms with Crippen LogP contribution in [0.4, 0.5) is 0 Å². The Morgan fingerprint density at radius 3 is 2.46 bits per heavy atom. The molecule has 3 rings (SSSR count). The Hall–Kier alpha value is -2.40. The molecule has 0 atom stereocenters. The average Bonchev–Trinajstić information content (AvgIpc) is 2.60. The number of rotatable bonds is 4. The van der Waals surface area contributed by atoms with Crippen LogP contribution >= 0.6 is 15.9 Å². The maximum atomic E-state index is 12.7. The van der Waals surface area contributed by atoms with E-state index < -0.39 is 0 Å². The molecule has 0 saturated heterocycles. The van der Waals surface area contributed by atoms with Crippen LogP contribution in [0, 0.1) is 6.92 Å². The third-order valence-electron chi connectivity index (χ3n) is 3.89. The molecular weight excluding hydrogens is 368 g/mol. The Kier molecular flexibility index (Phi) is 4.81. The van der Waals surface area contributed by atoms with Gasteiger partial charge in [-0.3, -0.25) is 9.36 Å². The zero-order chi connectivity index (χ0) is 17.1. The van der Waals surface area contributed by atoms with Crippen molar-refractivity contribution in [2.24, 2.45) is 0 Å². The Bertz CT molecular complexity index is 920. The molecule has 1 N–H and O–H groups in total. The first kappa shape index (κ1) is 16.5. The average molecular weight is 385 g/mol. The second-order valence-electron chi connectivity index (χ2n) is 5.54. The minimum absolute atomic E-state index is 0.111. The Labute approximate surface area is 148 Å². The number of nitrogens with zero attached hydrogens (tertiary/aromatic N) is 2. The number of hydrogen-bond donors (Lipinski definition) is 1. The summed E-state index contributed by atoms with van der Waals surface area (Å²) in [4.78, 5) is 17.2. The van der Waals surface area contributed by atoms with Crippen molar-refractivity contribution < 1.29 is 5.11 Å². The van der Waals surface area contributed by atoms with Gasteiger partial charge in [0.25, 0.3) is 5.56 Å². The van der Waals surface area contributed by atoms with E-state index >= 15 is 0 Å². The van der Waals surface area contributed by atoms with Crippen molar-refractivity contribution in [2.75, 3.05) is 0 Å². The van der Waals surface area contributed by atoms with Gasteiger partial charge in [-0.15, -0.1) is 0 Å². The highest BCUT2D eigenvalue weighted by molar-refractivity contribution is 9.10. The summed E-state index contributed by atoms with van der Waals surface area (Å²) < 4.78 is 2.06. The zero-order valence-electron chi connectivity index (χ0n) is 13.2. The van der Waals surface area contributed by atoms with Gasteiger partial charge in [-0.2, -0.15) is 0 Å². The van der Waals surface area contributed by atoms with Gasteiger partial charge in [0.05, 0.1) is 11.3 Å². The number of aromatic nitrogens is 2. The molecule has 0 unspecified atom stereocenters. The quantitative estimate of drug-likeness (QED) is 0.741. The van der Waals surface area contributed by atoms with Gasteiger partial charge in [0, 0.05) is 6.54 Å². The number of para-hydroxylation sites is 1. The largest absolute Gasteiger partial charge is 0.507 e. The van der Waals surface area contributed by atoms with E-state index in [2.05, 4.69) is 20.9 Å². The predicted molar refractivity (Wildman–Crippen MR) is 98.2 cm³/mol. The summed E-state index contributed by atoms with van der Waals surface area (Å²) in [5.74, 6) is 0.592. The molecule has 0 aliphatic heterocycles. The van der Waals surface area contributed by atoms with Crippen LogP contribution in [0.5, 0.6) is 5.75 Å². The summed E-state index contributed by atoms with van der Waals surface area (Å²) in [6.07, 6.45) is 0.707. The van der Waals surface area contributed by atoms with E-state index in [1.165, 1.54) is 0 Å². The number of phenols is 1. The lowest BCUT2D eigenvalue weighted by Crippen LogP contribution is -2.26. The third-order valence-corrected chi connectivity index (χ3v) is 4.80. The van der Waals surface area contributed by atoms with Crippen LogP contribution < -0.4 is 5.56 Å². The fourth-order valence-corrected chi connectivity index (χ4v) is 2.90. The molecule has 5 heteroatoms. The fraction of sp³-hybridized carbons (Fsp3) is 0.158. The minimum atomic E-state index is -0.142. The molecule has 2 aromatic carbocycles. The number of halogens is 1. The van der Waals surface area contributed by atoms with Crippen LogP contribution in [0.1, 0.15) is 11.3 Å². The van der Waals surface area contributed by atoms with Gasteiger partial charge in [-0.25, -0.2) is 4.98 Å². The predicted octanol–water partition coefficient (Wildman–Crippen LogP) is 3.93. The van der Waals surface area contributed by atoms with Crippen molar-refractivity contribution in [3.63, 3.8) is 0 Å². The highest BCUT2D eigenvalue weighted by Crippen LogP contribution is 2.27. The lowest BCUT2D eigenvalue weighted by molar-refractivity contribution is 0.476. The summed E-state index contributed by atoms with van der Waals surface area (Å²) in [5.41, 5.74) is 2.16. The maximum absolute atomic E-state index is 12.7. The zero-order valence-corrected chi connectivity index (χ0v) is 14.8. The smallest absolute Gasteiger partial charge is 0.268 e. The van der Waals surface area contributed by atoms with Gasteiger partial charge >= 0.3 is 0 Å². The topological polar surface area (TPSA) is 55.1 Å². The van der Waals surface area contributed by atoms with E-state index in [4.69, 9.17) is 0 Å². The van der Waals surface area contributed by atoms with Gasteiger partial charge in [-0.1, -0.05) is 42.5 Å². The first-order valence-corrected chi connectivity index (χ1v) is 8.46. The molecule has 0 saturated carbocycles. The monoisotopic (exact) mass is 384 g/mol. The van der Waals surface area contributed by atoms with E-state index in [-0.39, 0.29) is 11.3 Å². The summed E-state index contributed by atoms with van der Waals surface area (Å²) in [7, 11) is 0. The molecule has 0 amide bonds. The molecule has 4 nitrogen and oxygen atoms in total. The number of aromatic hydroxyl groups is 1. The molecule has 122 valence electrons. The molecule has 24 heavy (non-hydrogen) atoms. The molecule has 0 aliphatic rings. The Balaban J connectivity index is 2.08. The second-order valence-corrected chi connectivity index (χ2v) is 6.34. The molecular formula is C19H17BrN2O2. The second kappa shape index (κ2) is 7.01. The van der Waals surface area contributed by atoms with Crippen molar-refractivity contribution in [2.45, 2.75) is 19.9 Å². The molecule has 1 aromatic heterocycles. The van der Waals surface area contributed by atoms with Gasteiger partial charge in [0.15, 0.2) is 0 Å². The Morgan fingerprint density at radius 1 is 1.08 bits per heavy atom. The molecule has 0 spiro atoms. The number of aryl methyl sites for hydroxylation is 2. The molecule has 0 bridgehead atoms. The number of phenolic OH excluding ortho intramolecular Hbond substituents is 1. The lowest BCUT2D eigenvalue weighted by Gasteiger charge is -2.15. The molecule has 3 aromatic rings. The van der Waals surface area contributed by atoms with E-state index in [1.807, 2.05) is 36.4 Å². The van der Waals surface area contributed by atoms with Crippen LogP contribution in [0.15, 0.2) is 63.9 Å². The van der Waals surface area contributed by atoms with Crippen LogP contribution in [-0.2, 0) is 13.0 Å². The van der Waals surface area contributed by atoms with Crippen molar-refractivity contribution in [1.29, 1.82) is 0 Å². The van der Waals surface area contributed by atoms with Crippen molar-refractivity contribution >= 4 is 15.9 Å². The van der Waals surface area contributed by atoms with Crippen molar-refractivity contribution in [3.8, 4) is 17.1 Å². The standard InChI is InChI=1S/C19H17BrN2O2/c1-13-17(20)19(24)22(12-11-14-7-3-2-4-8-14)18(21-13)15-9-5-6-10-16(15)23/h2-10,23H,11-12H2,1H3.